The van der Waals surface area contributed by atoms with Crippen LogP contribution in [0.1, 0.15) is 21.5 Å². The molecule has 2 rings (SSSR count). The van der Waals surface area contributed by atoms with Gasteiger partial charge in [0.2, 0.25) is 0 Å². The summed E-state index contributed by atoms with van der Waals surface area (Å²) in [5, 5.41) is 0. The zero-order chi connectivity index (χ0) is 14.7. The Balaban J connectivity index is 2.08. The van der Waals surface area contributed by atoms with Crippen molar-refractivity contribution in [2.75, 3.05) is 6.61 Å². The molecule has 0 fully saturated rings. The van der Waals surface area contributed by atoms with Gasteiger partial charge in [0.1, 0.15) is 5.75 Å². The number of aryl methyl sites for hydroxylation is 1. The Kier molecular flexibility index (Phi) is 4.13. The zero-order valence-corrected chi connectivity index (χ0v) is 11.2. The van der Waals surface area contributed by atoms with E-state index in [2.05, 4.69) is 0 Å². The maximum Gasteiger partial charge on any atom is 0.200 e. The first-order valence-corrected chi connectivity index (χ1v) is 6.16. The van der Waals surface area contributed by atoms with E-state index in [-0.39, 0.29) is 12.2 Å². The summed E-state index contributed by atoms with van der Waals surface area (Å²) in [5.74, 6) is -1.80. The molecule has 0 unspecified atom stereocenters. The summed E-state index contributed by atoms with van der Waals surface area (Å²) in [5.41, 5.74) is 2.10. The molecule has 0 radical (unpaired) electrons. The minimum atomic E-state index is -1.04. The van der Waals surface area contributed by atoms with Crippen LogP contribution < -0.4 is 4.74 Å². The maximum absolute atomic E-state index is 13.1. The molecule has 0 aliphatic rings. The molecule has 0 saturated heterocycles. The van der Waals surface area contributed by atoms with Gasteiger partial charge in [-0.05, 0) is 49.2 Å². The molecule has 104 valence electrons. The summed E-state index contributed by atoms with van der Waals surface area (Å²) in [6.07, 6.45) is 0. The van der Waals surface area contributed by atoms with Crippen LogP contribution in [0.4, 0.5) is 8.78 Å². The lowest BCUT2D eigenvalue weighted by molar-refractivity contribution is 0.0920. The highest BCUT2D eigenvalue weighted by Crippen LogP contribution is 2.20. The number of hydrogen-bond donors (Lipinski definition) is 0. The number of hydrogen-bond acceptors (Lipinski definition) is 2. The van der Waals surface area contributed by atoms with Crippen LogP contribution in [-0.2, 0) is 0 Å². The van der Waals surface area contributed by atoms with Gasteiger partial charge in [-0.2, -0.15) is 0 Å². The molecule has 4 heteroatoms. The largest absolute Gasteiger partial charge is 0.485 e. The third-order valence-electron chi connectivity index (χ3n) is 3.16. The number of rotatable bonds is 4. The van der Waals surface area contributed by atoms with Crippen LogP contribution in [0, 0.1) is 25.5 Å². The number of halogens is 2. The van der Waals surface area contributed by atoms with E-state index in [1.165, 1.54) is 6.07 Å². The highest BCUT2D eigenvalue weighted by Gasteiger charge is 2.11. The molecule has 2 aromatic rings. The second kappa shape index (κ2) is 5.82. The van der Waals surface area contributed by atoms with E-state index in [1.54, 1.807) is 6.07 Å². The number of carbonyl (C=O) groups is 1. The van der Waals surface area contributed by atoms with Gasteiger partial charge in [-0.3, -0.25) is 4.79 Å². The third kappa shape index (κ3) is 3.02. The quantitative estimate of drug-likeness (QED) is 0.793. The Bertz CT molecular complexity index is 651. The van der Waals surface area contributed by atoms with E-state index in [0.717, 1.165) is 23.3 Å². The van der Waals surface area contributed by atoms with Gasteiger partial charge in [-0.15, -0.1) is 0 Å². The van der Waals surface area contributed by atoms with Gasteiger partial charge in [0.15, 0.2) is 24.0 Å². The summed E-state index contributed by atoms with van der Waals surface area (Å²) in [6, 6.07) is 8.59. The molecule has 0 aliphatic heterocycles. The van der Waals surface area contributed by atoms with Crippen molar-refractivity contribution in [1.82, 2.24) is 0 Å². The van der Waals surface area contributed by atoms with Crippen LogP contribution in [0.25, 0.3) is 0 Å². The second-order valence-electron chi connectivity index (χ2n) is 4.54. The maximum atomic E-state index is 13.1. The van der Waals surface area contributed by atoms with Crippen molar-refractivity contribution in [1.29, 1.82) is 0 Å². The predicted molar refractivity (Wildman–Crippen MR) is 72.1 cm³/mol. The third-order valence-corrected chi connectivity index (χ3v) is 3.16. The molecule has 0 saturated carbocycles. The molecule has 0 heterocycles. The Morgan fingerprint density at radius 3 is 2.55 bits per heavy atom. The van der Waals surface area contributed by atoms with Crippen molar-refractivity contribution in [2.24, 2.45) is 0 Å². The zero-order valence-electron chi connectivity index (χ0n) is 11.2. The molecule has 0 aromatic heterocycles. The molecule has 0 bridgehead atoms. The molecule has 0 atom stereocenters. The molecule has 2 nitrogen and oxygen atoms in total. The number of Topliss-reactive ketones (excluding diaryl/α,β-unsaturated/α-hetero) is 1. The van der Waals surface area contributed by atoms with Crippen LogP contribution in [0.5, 0.6) is 5.75 Å². The van der Waals surface area contributed by atoms with Crippen molar-refractivity contribution >= 4 is 5.78 Å². The Morgan fingerprint density at radius 2 is 1.85 bits per heavy atom. The smallest absolute Gasteiger partial charge is 0.200 e. The van der Waals surface area contributed by atoms with Crippen LogP contribution in [0.15, 0.2) is 36.4 Å². The first-order valence-electron chi connectivity index (χ1n) is 6.16. The van der Waals surface area contributed by atoms with Gasteiger partial charge >= 0.3 is 0 Å². The minimum absolute atomic E-state index is 0.0919. The molecule has 2 aromatic carbocycles. The van der Waals surface area contributed by atoms with Crippen molar-refractivity contribution < 1.29 is 18.3 Å². The van der Waals surface area contributed by atoms with Crippen LogP contribution in [-0.4, -0.2) is 12.4 Å². The van der Waals surface area contributed by atoms with Gasteiger partial charge in [0.25, 0.3) is 0 Å². The normalized spacial score (nSPS) is 10.4. The van der Waals surface area contributed by atoms with E-state index in [0.29, 0.717) is 5.75 Å². The predicted octanol–water partition coefficient (Wildman–Crippen LogP) is 3.84. The Hall–Kier alpha value is -2.23. The fraction of sp³-hybridized carbons (Fsp3) is 0.188. The molecular formula is C16H14F2O2. The number of carbonyl (C=O) groups excluding carboxylic acids is 1. The summed E-state index contributed by atoms with van der Waals surface area (Å²) < 4.78 is 31.3. The van der Waals surface area contributed by atoms with Crippen molar-refractivity contribution in [3.05, 3.63) is 64.7 Å². The summed E-state index contributed by atoms with van der Waals surface area (Å²) in [7, 11) is 0. The highest BCUT2D eigenvalue weighted by molar-refractivity contribution is 5.97. The van der Waals surface area contributed by atoms with E-state index >= 15 is 0 Å². The molecule has 0 aliphatic carbocycles. The Labute approximate surface area is 116 Å². The van der Waals surface area contributed by atoms with E-state index in [1.807, 2.05) is 26.0 Å². The minimum Gasteiger partial charge on any atom is -0.485 e. The van der Waals surface area contributed by atoms with Crippen LogP contribution >= 0.6 is 0 Å². The number of ketones is 1. The second-order valence-corrected chi connectivity index (χ2v) is 4.54. The average molecular weight is 276 g/mol. The van der Waals surface area contributed by atoms with Gasteiger partial charge in [0, 0.05) is 5.56 Å². The molecule has 0 spiro atoms. The lowest BCUT2D eigenvalue weighted by Crippen LogP contribution is -2.12. The standard InChI is InChI=1S/C16H14F2O2/c1-10-4-3-5-16(11(10)2)20-9-15(19)12-6-7-13(17)14(18)8-12/h3-8H,9H2,1-2H3. The van der Waals surface area contributed by atoms with E-state index in [4.69, 9.17) is 4.74 Å². The van der Waals surface area contributed by atoms with Gasteiger partial charge in [-0.25, -0.2) is 8.78 Å². The topological polar surface area (TPSA) is 26.3 Å². The Morgan fingerprint density at radius 1 is 1.10 bits per heavy atom. The average Bonchev–Trinajstić information content (AvgIpc) is 2.43. The fourth-order valence-corrected chi connectivity index (χ4v) is 1.78. The highest BCUT2D eigenvalue weighted by atomic mass is 19.2. The summed E-state index contributed by atoms with van der Waals surface area (Å²) in [4.78, 5) is 11.9. The van der Waals surface area contributed by atoms with Crippen LogP contribution in [0.3, 0.4) is 0 Å². The molecule has 20 heavy (non-hydrogen) atoms. The van der Waals surface area contributed by atoms with Crippen molar-refractivity contribution in [2.45, 2.75) is 13.8 Å². The first kappa shape index (κ1) is 14.2. The lowest BCUT2D eigenvalue weighted by atomic mass is 10.1. The van der Waals surface area contributed by atoms with Gasteiger partial charge < -0.3 is 4.74 Å². The summed E-state index contributed by atoms with van der Waals surface area (Å²) in [6.45, 7) is 3.63. The van der Waals surface area contributed by atoms with Crippen LogP contribution in [0.2, 0.25) is 0 Å². The number of benzene rings is 2. The molecular weight excluding hydrogens is 262 g/mol. The first-order chi connectivity index (χ1) is 9.49. The number of ether oxygens (including phenoxy) is 1. The molecule has 0 N–H and O–H groups in total. The lowest BCUT2D eigenvalue weighted by Gasteiger charge is -2.10. The summed E-state index contributed by atoms with van der Waals surface area (Å²) >= 11 is 0. The SMILES string of the molecule is Cc1cccc(OCC(=O)c2ccc(F)c(F)c2)c1C. The fourth-order valence-electron chi connectivity index (χ4n) is 1.78. The van der Waals surface area contributed by atoms with E-state index in [9.17, 15) is 13.6 Å². The van der Waals surface area contributed by atoms with Crippen molar-refractivity contribution in [3.8, 4) is 5.75 Å². The van der Waals surface area contributed by atoms with Gasteiger partial charge in [0.05, 0.1) is 0 Å². The monoisotopic (exact) mass is 276 g/mol. The van der Waals surface area contributed by atoms with Crippen molar-refractivity contribution in [3.63, 3.8) is 0 Å². The van der Waals surface area contributed by atoms with Gasteiger partial charge in [-0.1, -0.05) is 12.1 Å². The van der Waals surface area contributed by atoms with E-state index < -0.39 is 17.4 Å². The molecule has 0 amide bonds.